The molecule has 1 aromatic rings. The Bertz CT molecular complexity index is 619. The van der Waals surface area contributed by atoms with E-state index in [0.29, 0.717) is 12.5 Å². The summed E-state index contributed by atoms with van der Waals surface area (Å²) in [6.45, 7) is 12.1. The van der Waals surface area contributed by atoms with Gasteiger partial charge >= 0.3 is 0 Å². The van der Waals surface area contributed by atoms with Crippen molar-refractivity contribution in [2.75, 3.05) is 52.5 Å². The lowest BCUT2D eigenvalue weighted by Gasteiger charge is -2.41. The molecule has 1 fully saturated rings. The van der Waals surface area contributed by atoms with E-state index in [1.54, 1.807) is 0 Å². The van der Waals surface area contributed by atoms with E-state index in [-0.39, 0.29) is 42.0 Å². The van der Waals surface area contributed by atoms with Crippen LogP contribution in [0, 0.1) is 0 Å². The van der Waals surface area contributed by atoms with Crippen LogP contribution in [0.5, 0.6) is 0 Å². The number of nitrogens with one attached hydrogen (secondary N) is 3. The number of guanidine groups is 1. The number of carbonyl (C=O) groups is 1. The molecule has 1 heterocycles. The van der Waals surface area contributed by atoms with Gasteiger partial charge in [0.05, 0.1) is 13.2 Å². The smallest absolute Gasteiger partial charge is 0.241 e. The van der Waals surface area contributed by atoms with E-state index in [1.807, 2.05) is 25.1 Å². The van der Waals surface area contributed by atoms with Crippen molar-refractivity contribution in [3.63, 3.8) is 0 Å². The first-order valence-corrected chi connectivity index (χ1v) is 10.2. The predicted octanol–water partition coefficient (Wildman–Crippen LogP) is 1.63. The number of aliphatic imine (C=N–C) groups is 1. The number of ether oxygens (including phenoxy) is 1. The lowest BCUT2D eigenvalue weighted by molar-refractivity contribution is -0.119. The summed E-state index contributed by atoms with van der Waals surface area (Å²) in [5, 5.41) is 9.51. The highest BCUT2D eigenvalue weighted by atomic mass is 127. The number of rotatable bonds is 9. The highest BCUT2D eigenvalue weighted by Gasteiger charge is 2.28. The van der Waals surface area contributed by atoms with E-state index in [0.717, 1.165) is 45.8 Å². The van der Waals surface area contributed by atoms with Crippen molar-refractivity contribution < 1.29 is 9.53 Å². The molecule has 2 rings (SSSR count). The van der Waals surface area contributed by atoms with E-state index >= 15 is 0 Å². The van der Waals surface area contributed by atoms with E-state index < -0.39 is 0 Å². The van der Waals surface area contributed by atoms with Crippen molar-refractivity contribution in [3.8, 4) is 0 Å². The van der Waals surface area contributed by atoms with Gasteiger partial charge < -0.3 is 20.7 Å². The van der Waals surface area contributed by atoms with Crippen LogP contribution in [0.15, 0.2) is 35.3 Å². The van der Waals surface area contributed by atoms with Gasteiger partial charge in [0.1, 0.15) is 6.54 Å². The van der Waals surface area contributed by atoms with Crippen LogP contribution in [0.3, 0.4) is 0 Å². The molecule has 3 N–H and O–H groups in total. The molecule has 0 spiro atoms. The van der Waals surface area contributed by atoms with Crippen LogP contribution in [0.1, 0.15) is 26.3 Å². The summed E-state index contributed by atoms with van der Waals surface area (Å²) < 4.78 is 5.44. The summed E-state index contributed by atoms with van der Waals surface area (Å²) in [6, 6.07) is 10.1. The van der Waals surface area contributed by atoms with Crippen molar-refractivity contribution in [2.45, 2.75) is 32.7 Å². The number of nitrogens with zero attached hydrogens (tertiary/aromatic N) is 2. The number of carbonyl (C=O) groups excluding carboxylic acids is 1. The molecule has 29 heavy (non-hydrogen) atoms. The van der Waals surface area contributed by atoms with Crippen molar-refractivity contribution >= 4 is 35.8 Å². The molecule has 8 heteroatoms. The molecule has 0 bridgehead atoms. The zero-order valence-corrected chi connectivity index (χ0v) is 20.2. The number of hydrogen-bond donors (Lipinski definition) is 3. The Morgan fingerprint density at radius 3 is 2.48 bits per heavy atom. The Labute approximate surface area is 192 Å². The van der Waals surface area contributed by atoms with Gasteiger partial charge in [-0.05, 0) is 32.8 Å². The van der Waals surface area contributed by atoms with E-state index in [9.17, 15) is 4.79 Å². The third-order valence-corrected chi connectivity index (χ3v) is 4.86. The average Bonchev–Trinajstić information content (AvgIpc) is 2.71. The maximum Gasteiger partial charge on any atom is 0.241 e. The SMILES string of the molecule is CCNC(=NCC(=O)NCCc1ccccc1)NCC(C)(C)N1CCOCC1.I. The molecule has 0 unspecified atom stereocenters. The Morgan fingerprint density at radius 2 is 1.83 bits per heavy atom. The highest BCUT2D eigenvalue weighted by molar-refractivity contribution is 14.0. The lowest BCUT2D eigenvalue weighted by Crippen LogP contribution is -2.56. The number of benzene rings is 1. The number of amides is 1. The van der Waals surface area contributed by atoms with E-state index in [2.05, 4.69) is 51.8 Å². The minimum absolute atomic E-state index is 0. The molecule has 1 aromatic carbocycles. The summed E-state index contributed by atoms with van der Waals surface area (Å²) in [7, 11) is 0. The Balaban J connectivity index is 0.00000420. The van der Waals surface area contributed by atoms with Gasteiger partial charge in [0, 0.05) is 38.3 Å². The van der Waals surface area contributed by atoms with Crippen LogP contribution in [0.4, 0.5) is 0 Å². The largest absolute Gasteiger partial charge is 0.379 e. The van der Waals surface area contributed by atoms with Gasteiger partial charge in [0.25, 0.3) is 0 Å². The lowest BCUT2D eigenvalue weighted by atomic mass is 10.0. The Kier molecular flexibility index (Phi) is 12.2. The van der Waals surface area contributed by atoms with Crippen LogP contribution in [-0.4, -0.2) is 74.8 Å². The highest BCUT2D eigenvalue weighted by Crippen LogP contribution is 2.14. The number of morpholine rings is 1. The van der Waals surface area contributed by atoms with E-state index in [4.69, 9.17) is 4.74 Å². The fraction of sp³-hybridized carbons (Fsp3) is 0.619. The minimum Gasteiger partial charge on any atom is -0.379 e. The molecule has 0 aliphatic carbocycles. The topological polar surface area (TPSA) is 78.0 Å². The summed E-state index contributed by atoms with van der Waals surface area (Å²) in [5.74, 6) is 0.600. The zero-order chi connectivity index (χ0) is 20.2. The first-order chi connectivity index (χ1) is 13.5. The van der Waals surface area contributed by atoms with E-state index in [1.165, 1.54) is 5.56 Å². The van der Waals surface area contributed by atoms with Crippen molar-refractivity contribution in [1.82, 2.24) is 20.9 Å². The van der Waals surface area contributed by atoms with Gasteiger partial charge in [0.2, 0.25) is 5.91 Å². The maximum absolute atomic E-state index is 12.1. The van der Waals surface area contributed by atoms with Gasteiger partial charge in [-0.15, -0.1) is 24.0 Å². The predicted molar refractivity (Wildman–Crippen MR) is 129 cm³/mol. The molecular weight excluding hydrogens is 481 g/mol. The first-order valence-electron chi connectivity index (χ1n) is 10.2. The van der Waals surface area contributed by atoms with Crippen molar-refractivity contribution in [2.24, 2.45) is 4.99 Å². The van der Waals surface area contributed by atoms with Crippen LogP contribution >= 0.6 is 24.0 Å². The monoisotopic (exact) mass is 517 g/mol. The summed E-state index contributed by atoms with van der Waals surface area (Å²) in [6.07, 6.45) is 0.822. The Hall–Kier alpha value is -1.39. The minimum atomic E-state index is -0.0689. The van der Waals surface area contributed by atoms with Gasteiger partial charge in [-0.25, -0.2) is 4.99 Å². The van der Waals surface area contributed by atoms with Crippen LogP contribution < -0.4 is 16.0 Å². The maximum atomic E-state index is 12.1. The molecule has 0 aromatic heterocycles. The normalized spacial score (nSPS) is 15.3. The average molecular weight is 517 g/mol. The fourth-order valence-corrected chi connectivity index (χ4v) is 3.12. The summed E-state index contributed by atoms with van der Waals surface area (Å²) in [4.78, 5) is 18.9. The molecule has 0 atom stereocenters. The second kappa shape index (κ2) is 13.8. The molecule has 1 saturated heterocycles. The second-order valence-electron chi connectivity index (χ2n) is 7.55. The van der Waals surface area contributed by atoms with Crippen molar-refractivity contribution in [3.05, 3.63) is 35.9 Å². The van der Waals surface area contributed by atoms with Gasteiger partial charge in [-0.2, -0.15) is 0 Å². The second-order valence-corrected chi connectivity index (χ2v) is 7.55. The van der Waals surface area contributed by atoms with Gasteiger partial charge in [-0.3, -0.25) is 9.69 Å². The van der Waals surface area contributed by atoms with Gasteiger partial charge in [0.15, 0.2) is 5.96 Å². The molecule has 1 aliphatic rings. The molecule has 1 aliphatic heterocycles. The summed E-state index contributed by atoms with van der Waals surface area (Å²) >= 11 is 0. The third kappa shape index (κ3) is 9.77. The Morgan fingerprint density at radius 1 is 1.14 bits per heavy atom. The zero-order valence-electron chi connectivity index (χ0n) is 17.9. The fourth-order valence-electron chi connectivity index (χ4n) is 3.12. The number of halogens is 1. The molecule has 7 nitrogen and oxygen atoms in total. The van der Waals surface area contributed by atoms with Crippen LogP contribution in [0.25, 0.3) is 0 Å². The molecule has 0 radical (unpaired) electrons. The molecule has 1 amide bonds. The quantitative estimate of drug-likeness (QED) is 0.264. The number of hydrogen-bond acceptors (Lipinski definition) is 4. The molecule has 0 saturated carbocycles. The summed E-state index contributed by atoms with van der Waals surface area (Å²) in [5.41, 5.74) is 1.20. The molecule has 164 valence electrons. The standard InChI is InChI=1S/C21H35N5O2.HI/c1-4-22-20(25-17-21(2,3)26-12-14-28-15-13-26)24-16-19(27)23-11-10-18-8-6-5-7-9-18;/h5-9H,4,10-17H2,1-3H3,(H,23,27)(H2,22,24,25);1H. The van der Waals surface area contributed by atoms with Crippen molar-refractivity contribution in [1.29, 1.82) is 0 Å². The molecular formula is C21H36IN5O2. The van der Waals surface area contributed by atoms with Crippen LogP contribution in [-0.2, 0) is 16.0 Å². The first kappa shape index (κ1) is 25.6. The van der Waals surface area contributed by atoms with Crippen LogP contribution in [0.2, 0.25) is 0 Å². The van der Waals surface area contributed by atoms with Gasteiger partial charge in [-0.1, -0.05) is 30.3 Å². The third-order valence-electron chi connectivity index (χ3n) is 4.86.